The van der Waals surface area contributed by atoms with Gasteiger partial charge in [-0.15, -0.1) is 0 Å². The van der Waals surface area contributed by atoms with Crippen molar-refractivity contribution < 1.29 is 32.3 Å². The summed E-state index contributed by atoms with van der Waals surface area (Å²) in [6.07, 6.45) is 5.94. The van der Waals surface area contributed by atoms with Crippen molar-refractivity contribution in [2.45, 2.75) is 108 Å². The summed E-state index contributed by atoms with van der Waals surface area (Å²) in [7, 11) is -3.66. The van der Waals surface area contributed by atoms with Crippen molar-refractivity contribution in [3.8, 4) is 0 Å². The number of piperidine rings is 3. The maximum absolute atomic E-state index is 13.6. The average molecular weight is 713 g/mol. The molecule has 2 N–H and O–H groups in total. The maximum atomic E-state index is 13.6. The molecule has 5 fully saturated rings. The van der Waals surface area contributed by atoms with Crippen LogP contribution in [0, 0.1) is 5.41 Å². The molecule has 50 heavy (non-hydrogen) atoms. The molecule has 0 radical (unpaired) electrons. The fourth-order valence-electron chi connectivity index (χ4n) is 8.25. The number of alkyl carbamates (subject to hydrolysis) is 1. The van der Waals surface area contributed by atoms with Gasteiger partial charge >= 0.3 is 6.09 Å². The largest absolute Gasteiger partial charge is 0.444 e. The van der Waals surface area contributed by atoms with E-state index in [0.29, 0.717) is 50.3 Å². The summed E-state index contributed by atoms with van der Waals surface area (Å²) in [5.74, 6) is -0.753. The second kappa shape index (κ2) is 14.4. The number of ether oxygens (including phenoxy) is 1. The van der Waals surface area contributed by atoms with E-state index in [2.05, 4.69) is 20.4 Å². The predicted molar refractivity (Wildman–Crippen MR) is 186 cm³/mol. The number of nitrogens with one attached hydrogen (secondary N) is 2. The lowest BCUT2D eigenvalue weighted by Crippen LogP contribution is -2.61. The Balaban J connectivity index is 0.992. The molecule has 2 atom stereocenters. The fraction of sp³-hybridized carbons (Fsp3) is 0.667. The Morgan fingerprint density at radius 3 is 2.38 bits per heavy atom. The standard InChI is InChI=1S/C36H52N6O7S/c1-5-7-28-30(22-42(33(28)45)29-10-11-31(43)38-32(29)44)40-18-14-36(15-19-40)23-39(24-36)21-25-8-6-9-27(20-25)50(47,48)41-16-12-26(13-17-41)37-34(46)49-35(2,3)4/h6-9,20,26,29-30H,5,10-19,21-24H2,1-4H3,(H,37,46)(H,38,43,44)/b28-7+. The Kier molecular flexibility index (Phi) is 10.5. The highest BCUT2D eigenvalue weighted by molar-refractivity contribution is 7.89. The number of carbonyl (C=O) groups is 4. The van der Waals surface area contributed by atoms with Gasteiger partial charge in [-0.2, -0.15) is 4.31 Å². The molecule has 1 aromatic carbocycles. The van der Waals surface area contributed by atoms with Crippen molar-refractivity contribution in [2.24, 2.45) is 5.41 Å². The quantitative estimate of drug-likeness (QED) is 0.307. The van der Waals surface area contributed by atoms with Crippen LogP contribution in [0.4, 0.5) is 4.79 Å². The Hall–Kier alpha value is -3.33. The van der Waals surface area contributed by atoms with E-state index in [1.54, 1.807) is 17.0 Å². The smallest absolute Gasteiger partial charge is 0.407 e. The first-order chi connectivity index (χ1) is 23.7. The van der Waals surface area contributed by atoms with Gasteiger partial charge < -0.3 is 15.0 Å². The molecule has 1 aromatic rings. The van der Waals surface area contributed by atoms with E-state index in [-0.39, 0.29) is 41.6 Å². The first kappa shape index (κ1) is 36.5. The number of likely N-dealkylation sites (tertiary alicyclic amines) is 3. The van der Waals surface area contributed by atoms with Gasteiger partial charge in [-0.05, 0) is 95.5 Å². The van der Waals surface area contributed by atoms with Crippen LogP contribution in [0.2, 0.25) is 0 Å². The monoisotopic (exact) mass is 712 g/mol. The molecule has 2 unspecified atom stereocenters. The van der Waals surface area contributed by atoms with Crippen molar-refractivity contribution in [1.29, 1.82) is 0 Å². The van der Waals surface area contributed by atoms with Gasteiger partial charge in [-0.1, -0.05) is 25.1 Å². The number of amides is 4. The van der Waals surface area contributed by atoms with Crippen molar-refractivity contribution >= 4 is 33.8 Å². The molecule has 274 valence electrons. The fourth-order valence-corrected chi connectivity index (χ4v) is 9.79. The molecule has 14 heteroatoms. The van der Waals surface area contributed by atoms with Crippen LogP contribution in [0.25, 0.3) is 0 Å². The highest BCUT2D eigenvalue weighted by Gasteiger charge is 2.49. The molecule has 1 spiro atoms. The lowest BCUT2D eigenvalue weighted by Gasteiger charge is -2.55. The number of rotatable bonds is 8. The molecule has 0 aliphatic carbocycles. The lowest BCUT2D eigenvalue weighted by atomic mass is 9.71. The zero-order valence-corrected chi connectivity index (χ0v) is 30.6. The minimum absolute atomic E-state index is 0.0573. The van der Waals surface area contributed by atoms with E-state index in [0.717, 1.165) is 56.6 Å². The molecule has 0 aromatic heterocycles. The van der Waals surface area contributed by atoms with Gasteiger partial charge in [-0.25, -0.2) is 13.2 Å². The van der Waals surface area contributed by atoms with Crippen LogP contribution in [0.3, 0.4) is 0 Å². The van der Waals surface area contributed by atoms with E-state index < -0.39 is 27.8 Å². The van der Waals surface area contributed by atoms with Crippen molar-refractivity contribution in [3.63, 3.8) is 0 Å². The highest BCUT2D eigenvalue weighted by atomic mass is 32.2. The van der Waals surface area contributed by atoms with Gasteiger partial charge in [0.1, 0.15) is 11.6 Å². The van der Waals surface area contributed by atoms with Crippen LogP contribution in [-0.4, -0.2) is 121 Å². The van der Waals surface area contributed by atoms with Gasteiger partial charge in [0.2, 0.25) is 21.8 Å². The molecule has 0 saturated carbocycles. The Morgan fingerprint density at radius 2 is 1.74 bits per heavy atom. The number of allylic oxidation sites excluding steroid dienone is 1. The van der Waals surface area contributed by atoms with Crippen molar-refractivity contribution in [1.82, 2.24) is 29.6 Å². The van der Waals surface area contributed by atoms with E-state index in [1.807, 2.05) is 45.9 Å². The van der Waals surface area contributed by atoms with E-state index in [4.69, 9.17) is 4.74 Å². The molecule has 0 bridgehead atoms. The van der Waals surface area contributed by atoms with Crippen LogP contribution in [0.5, 0.6) is 0 Å². The van der Waals surface area contributed by atoms with Gasteiger partial charge in [0.05, 0.1) is 10.9 Å². The van der Waals surface area contributed by atoms with Crippen LogP contribution in [0.15, 0.2) is 40.8 Å². The topological polar surface area (TPSA) is 149 Å². The summed E-state index contributed by atoms with van der Waals surface area (Å²) in [6.45, 7) is 12.9. The van der Waals surface area contributed by atoms with Crippen LogP contribution in [0.1, 0.15) is 78.2 Å². The molecule has 4 amide bonds. The minimum atomic E-state index is -3.66. The van der Waals surface area contributed by atoms with E-state index in [1.165, 1.54) is 4.31 Å². The molecule has 5 aliphatic heterocycles. The maximum Gasteiger partial charge on any atom is 0.407 e. The summed E-state index contributed by atoms with van der Waals surface area (Å²) < 4.78 is 34.0. The third-order valence-corrected chi connectivity index (χ3v) is 12.7. The third kappa shape index (κ3) is 7.93. The second-order valence-corrected chi connectivity index (χ2v) is 17.6. The second-order valence-electron chi connectivity index (χ2n) is 15.7. The number of hydrogen-bond donors (Lipinski definition) is 2. The summed E-state index contributed by atoms with van der Waals surface area (Å²) in [5, 5.41) is 5.26. The van der Waals surface area contributed by atoms with Gasteiger partial charge in [-0.3, -0.25) is 29.5 Å². The van der Waals surface area contributed by atoms with E-state index >= 15 is 0 Å². The van der Waals surface area contributed by atoms with Crippen LogP contribution >= 0.6 is 0 Å². The summed E-state index contributed by atoms with van der Waals surface area (Å²) in [5.41, 5.74) is 1.35. The average Bonchev–Trinajstić information content (AvgIpc) is 3.35. The zero-order valence-electron chi connectivity index (χ0n) is 29.8. The Morgan fingerprint density at radius 1 is 1.04 bits per heavy atom. The van der Waals surface area contributed by atoms with Crippen LogP contribution < -0.4 is 10.6 Å². The molecular weight excluding hydrogens is 660 g/mol. The summed E-state index contributed by atoms with van der Waals surface area (Å²) in [4.78, 5) is 56.6. The van der Waals surface area contributed by atoms with Gasteiger partial charge in [0, 0.05) is 57.3 Å². The lowest BCUT2D eigenvalue weighted by molar-refractivity contribution is -0.142. The van der Waals surface area contributed by atoms with Gasteiger partial charge in [0.25, 0.3) is 5.91 Å². The highest BCUT2D eigenvalue weighted by Crippen LogP contribution is 2.43. The molecular formula is C36H52N6O7S. The zero-order chi connectivity index (χ0) is 35.8. The minimum Gasteiger partial charge on any atom is -0.444 e. The number of hydrogen-bond acceptors (Lipinski definition) is 9. The molecule has 6 rings (SSSR count). The van der Waals surface area contributed by atoms with E-state index in [9.17, 15) is 27.6 Å². The summed E-state index contributed by atoms with van der Waals surface area (Å²) in [6, 6.07) is 6.46. The molecule has 5 aliphatic rings. The number of nitrogens with zero attached hydrogens (tertiary/aromatic N) is 4. The Bertz CT molecular complexity index is 1610. The van der Waals surface area contributed by atoms with Crippen molar-refractivity contribution in [3.05, 3.63) is 41.5 Å². The number of sulfonamides is 1. The summed E-state index contributed by atoms with van der Waals surface area (Å²) >= 11 is 0. The normalized spacial score (nSPS) is 26.7. The van der Waals surface area contributed by atoms with Crippen LogP contribution in [-0.2, 0) is 35.7 Å². The molecule has 5 heterocycles. The number of imide groups is 1. The SMILES string of the molecule is CC/C=C1/C(=O)N(C2CCC(=O)NC2=O)CC1N1CCC2(CC1)CN(Cc1cccc(S(=O)(=O)N3CCC(NC(=O)OC(C)(C)C)CC3)c1)C2. The van der Waals surface area contributed by atoms with Crippen molar-refractivity contribution in [2.75, 3.05) is 45.8 Å². The molecule has 5 saturated heterocycles. The first-order valence-electron chi connectivity index (χ1n) is 18.1. The number of carbonyl (C=O) groups excluding carboxylic acids is 4. The number of benzene rings is 1. The van der Waals surface area contributed by atoms with Gasteiger partial charge in [0.15, 0.2) is 0 Å². The predicted octanol–water partition coefficient (Wildman–Crippen LogP) is 2.61. The molecule has 13 nitrogen and oxygen atoms in total. The third-order valence-electron chi connectivity index (χ3n) is 10.8. The first-order valence-corrected chi connectivity index (χ1v) is 19.5. The Labute approximate surface area is 295 Å².